The summed E-state index contributed by atoms with van der Waals surface area (Å²) in [6.45, 7) is 4.36. The number of rotatable bonds is 6. The van der Waals surface area contributed by atoms with Crippen LogP contribution in [0.1, 0.15) is 43.2 Å². The van der Waals surface area contributed by atoms with Gasteiger partial charge < -0.3 is 19.9 Å². The van der Waals surface area contributed by atoms with Crippen molar-refractivity contribution in [2.24, 2.45) is 0 Å². The number of aromatic nitrogens is 3. The van der Waals surface area contributed by atoms with Crippen molar-refractivity contribution in [3.05, 3.63) is 47.5 Å². The molecule has 0 aliphatic carbocycles. The average molecular weight is 472 g/mol. The quantitative estimate of drug-likeness (QED) is 0.575. The van der Waals surface area contributed by atoms with Crippen molar-refractivity contribution in [1.82, 2.24) is 24.8 Å². The standard InChI is InChI=1S/C23H26FN5O3S/c1-14(2)26-22(32)18-12-33-23(27-18)21-20(15-3-5-16(24)6-4-15)25-13-29(21)17-7-9-28(10-8-17)19(31)11-30/h3-6,12-14,17,30H,7-11H2,1-2H3,(H,26,32). The molecule has 3 heterocycles. The third-order valence-corrected chi connectivity index (χ3v) is 6.47. The van der Waals surface area contributed by atoms with Gasteiger partial charge in [-0.3, -0.25) is 9.59 Å². The van der Waals surface area contributed by atoms with Crippen LogP contribution in [0.4, 0.5) is 4.39 Å². The van der Waals surface area contributed by atoms with Crippen LogP contribution in [-0.4, -0.2) is 62.1 Å². The van der Waals surface area contributed by atoms with Gasteiger partial charge >= 0.3 is 0 Å². The topological polar surface area (TPSA) is 100 Å². The monoisotopic (exact) mass is 471 g/mol. The van der Waals surface area contributed by atoms with E-state index >= 15 is 0 Å². The van der Waals surface area contributed by atoms with Gasteiger partial charge in [-0.1, -0.05) is 0 Å². The fourth-order valence-electron chi connectivity index (χ4n) is 3.99. The first kappa shape index (κ1) is 23.1. The summed E-state index contributed by atoms with van der Waals surface area (Å²) in [6.07, 6.45) is 3.14. The van der Waals surface area contributed by atoms with Crippen molar-refractivity contribution >= 4 is 23.2 Å². The summed E-state index contributed by atoms with van der Waals surface area (Å²) >= 11 is 1.36. The van der Waals surface area contributed by atoms with Crippen LogP contribution in [0.2, 0.25) is 0 Å². The fraction of sp³-hybridized carbons (Fsp3) is 0.391. The van der Waals surface area contributed by atoms with E-state index in [0.717, 1.165) is 11.3 Å². The maximum absolute atomic E-state index is 13.5. The number of carbonyl (C=O) groups excluding carboxylic acids is 2. The number of thiazole rings is 1. The predicted molar refractivity (Wildman–Crippen MR) is 123 cm³/mol. The lowest BCUT2D eigenvalue weighted by molar-refractivity contribution is -0.135. The lowest BCUT2D eigenvalue weighted by Gasteiger charge is -2.33. The molecule has 0 bridgehead atoms. The zero-order valence-electron chi connectivity index (χ0n) is 18.5. The lowest BCUT2D eigenvalue weighted by atomic mass is 10.0. The largest absolute Gasteiger partial charge is 0.387 e. The first-order valence-corrected chi connectivity index (χ1v) is 11.7. The zero-order chi connectivity index (χ0) is 23.5. The second-order valence-electron chi connectivity index (χ2n) is 8.29. The molecule has 1 aliphatic heterocycles. The molecule has 1 aromatic carbocycles. The third kappa shape index (κ3) is 4.96. The molecular formula is C23H26FN5O3S. The molecule has 0 radical (unpaired) electrons. The first-order chi connectivity index (χ1) is 15.9. The number of piperidine rings is 1. The Morgan fingerprint density at radius 2 is 1.94 bits per heavy atom. The number of aliphatic hydroxyl groups excluding tert-OH is 1. The number of benzene rings is 1. The van der Waals surface area contributed by atoms with E-state index in [0.29, 0.717) is 42.3 Å². The Labute approximate surface area is 195 Å². The smallest absolute Gasteiger partial charge is 0.270 e. The molecule has 4 rings (SSSR count). The van der Waals surface area contributed by atoms with Crippen molar-refractivity contribution in [3.63, 3.8) is 0 Å². The van der Waals surface area contributed by atoms with Crippen LogP contribution in [0.3, 0.4) is 0 Å². The van der Waals surface area contributed by atoms with Crippen LogP contribution in [-0.2, 0) is 4.79 Å². The number of amides is 2. The highest BCUT2D eigenvalue weighted by Crippen LogP contribution is 2.37. The number of imidazole rings is 1. The van der Waals surface area contributed by atoms with Crippen LogP contribution in [0, 0.1) is 5.82 Å². The van der Waals surface area contributed by atoms with E-state index in [1.807, 2.05) is 18.4 Å². The van der Waals surface area contributed by atoms with Gasteiger partial charge in [-0.25, -0.2) is 14.4 Å². The minimum absolute atomic E-state index is 0.00484. The Morgan fingerprint density at radius 1 is 1.24 bits per heavy atom. The molecule has 174 valence electrons. The maximum Gasteiger partial charge on any atom is 0.270 e. The van der Waals surface area contributed by atoms with Crippen LogP contribution in [0.25, 0.3) is 22.0 Å². The molecule has 8 nitrogen and oxygen atoms in total. The van der Waals surface area contributed by atoms with Gasteiger partial charge in [0, 0.05) is 36.1 Å². The van der Waals surface area contributed by atoms with Crippen molar-refractivity contribution in [3.8, 4) is 22.0 Å². The lowest BCUT2D eigenvalue weighted by Crippen LogP contribution is -2.40. The summed E-state index contributed by atoms with van der Waals surface area (Å²) in [5.41, 5.74) is 2.52. The van der Waals surface area contributed by atoms with Crippen LogP contribution >= 0.6 is 11.3 Å². The molecular weight excluding hydrogens is 445 g/mol. The zero-order valence-corrected chi connectivity index (χ0v) is 19.3. The minimum atomic E-state index is -0.490. The van der Waals surface area contributed by atoms with E-state index in [4.69, 9.17) is 5.11 Å². The SMILES string of the molecule is CC(C)NC(=O)c1csc(-c2c(-c3ccc(F)cc3)ncn2C2CCN(C(=O)CO)CC2)n1. The van der Waals surface area contributed by atoms with Gasteiger partial charge in [0.15, 0.2) is 0 Å². The molecule has 2 amide bonds. The molecule has 33 heavy (non-hydrogen) atoms. The van der Waals surface area contributed by atoms with Crippen LogP contribution in [0.15, 0.2) is 36.0 Å². The Bertz CT molecular complexity index is 1130. The molecule has 0 unspecified atom stereocenters. The summed E-state index contributed by atoms with van der Waals surface area (Å²) in [4.78, 5) is 35.2. The maximum atomic E-state index is 13.5. The summed E-state index contributed by atoms with van der Waals surface area (Å²) in [7, 11) is 0. The number of nitrogens with zero attached hydrogens (tertiary/aromatic N) is 4. The number of hydrogen-bond acceptors (Lipinski definition) is 6. The highest BCUT2D eigenvalue weighted by Gasteiger charge is 2.28. The van der Waals surface area contributed by atoms with Gasteiger partial charge in [0.2, 0.25) is 5.91 Å². The van der Waals surface area contributed by atoms with Crippen molar-refractivity contribution in [2.45, 2.75) is 38.8 Å². The number of nitrogens with one attached hydrogen (secondary N) is 1. The van der Waals surface area contributed by atoms with Gasteiger partial charge in [0.25, 0.3) is 5.91 Å². The number of aliphatic hydroxyl groups is 1. The van der Waals surface area contributed by atoms with E-state index in [1.54, 1.807) is 28.7 Å². The van der Waals surface area contributed by atoms with E-state index < -0.39 is 6.61 Å². The number of halogens is 1. The summed E-state index contributed by atoms with van der Waals surface area (Å²) < 4.78 is 15.6. The molecule has 0 saturated carbocycles. The second-order valence-corrected chi connectivity index (χ2v) is 9.15. The second kappa shape index (κ2) is 9.80. The van der Waals surface area contributed by atoms with E-state index in [9.17, 15) is 14.0 Å². The summed E-state index contributed by atoms with van der Waals surface area (Å²) in [6, 6.07) is 6.19. The molecule has 3 aromatic rings. The summed E-state index contributed by atoms with van der Waals surface area (Å²) in [5.74, 6) is -0.840. The van der Waals surface area contributed by atoms with E-state index in [-0.39, 0.29) is 29.7 Å². The molecule has 10 heteroatoms. The van der Waals surface area contributed by atoms with Gasteiger partial charge in [-0.05, 0) is 51.0 Å². The highest BCUT2D eigenvalue weighted by molar-refractivity contribution is 7.13. The molecule has 0 atom stereocenters. The Hall–Kier alpha value is -3.11. The van der Waals surface area contributed by atoms with Gasteiger partial charge in [0.05, 0.1) is 12.0 Å². The Kier molecular flexibility index (Phi) is 6.85. The van der Waals surface area contributed by atoms with Crippen LogP contribution in [0.5, 0.6) is 0 Å². The van der Waals surface area contributed by atoms with Gasteiger partial charge in [-0.15, -0.1) is 11.3 Å². The van der Waals surface area contributed by atoms with Gasteiger partial charge in [-0.2, -0.15) is 0 Å². The fourth-order valence-corrected chi connectivity index (χ4v) is 4.83. The third-order valence-electron chi connectivity index (χ3n) is 5.62. The Balaban J connectivity index is 1.70. The first-order valence-electron chi connectivity index (χ1n) is 10.9. The number of hydrogen-bond donors (Lipinski definition) is 2. The molecule has 1 saturated heterocycles. The van der Waals surface area contributed by atoms with E-state index in [1.165, 1.54) is 23.5 Å². The molecule has 2 aromatic heterocycles. The van der Waals surface area contributed by atoms with Crippen molar-refractivity contribution < 1.29 is 19.1 Å². The molecule has 1 fully saturated rings. The molecule has 0 spiro atoms. The number of likely N-dealkylation sites (tertiary alicyclic amines) is 1. The van der Waals surface area contributed by atoms with Gasteiger partial charge in [0.1, 0.15) is 28.8 Å². The molecule has 1 aliphatic rings. The minimum Gasteiger partial charge on any atom is -0.387 e. The van der Waals surface area contributed by atoms with Crippen LogP contribution < -0.4 is 5.32 Å². The van der Waals surface area contributed by atoms with Crippen molar-refractivity contribution in [2.75, 3.05) is 19.7 Å². The van der Waals surface area contributed by atoms with E-state index in [2.05, 4.69) is 15.3 Å². The normalized spacial score (nSPS) is 14.6. The average Bonchev–Trinajstić information content (AvgIpc) is 3.46. The Morgan fingerprint density at radius 3 is 2.58 bits per heavy atom. The number of carbonyl (C=O) groups is 2. The summed E-state index contributed by atoms with van der Waals surface area (Å²) in [5, 5.41) is 14.4. The van der Waals surface area contributed by atoms with Crippen molar-refractivity contribution in [1.29, 1.82) is 0 Å². The predicted octanol–water partition coefficient (Wildman–Crippen LogP) is 3.11. The highest BCUT2D eigenvalue weighted by atomic mass is 32.1. The molecule has 2 N–H and O–H groups in total.